The van der Waals surface area contributed by atoms with Crippen LogP contribution in [0.15, 0.2) is 54.4 Å². The number of hydrogen-bond acceptors (Lipinski definition) is 12. The number of likely N-dealkylation sites (tertiary alicyclic amines) is 1. The number of carbonyl (C=O) groups excluding carboxylic acids is 4. The lowest BCUT2D eigenvalue weighted by atomic mass is 9.85. The molecule has 5 atom stereocenters. The average molecular weight is 839 g/mol. The first-order valence-electron chi connectivity index (χ1n) is 19.9. The van der Waals surface area contributed by atoms with Crippen LogP contribution in [0.2, 0.25) is 0 Å². The summed E-state index contributed by atoms with van der Waals surface area (Å²) >= 11 is 1.47. The number of ether oxygens (including phenoxy) is 2. The van der Waals surface area contributed by atoms with E-state index in [-0.39, 0.29) is 31.4 Å². The molecule has 3 N–H and O–H groups in total. The van der Waals surface area contributed by atoms with Crippen molar-refractivity contribution in [3.8, 4) is 16.5 Å². The van der Waals surface area contributed by atoms with E-state index in [4.69, 9.17) is 28.5 Å². The third-order valence-corrected chi connectivity index (χ3v) is 13.1. The van der Waals surface area contributed by atoms with Crippen molar-refractivity contribution in [2.75, 3.05) is 6.54 Å². The van der Waals surface area contributed by atoms with E-state index in [2.05, 4.69) is 22.3 Å². The van der Waals surface area contributed by atoms with Gasteiger partial charge in [-0.15, -0.1) is 17.9 Å². The fourth-order valence-corrected chi connectivity index (χ4v) is 9.91. The van der Waals surface area contributed by atoms with E-state index >= 15 is 0 Å². The molecule has 0 spiro atoms. The van der Waals surface area contributed by atoms with Crippen LogP contribution in [0.4, 0.5) is 4.79 Å². The lowest BCUT2D eigenvalue weighted by Crippen LogP contribution is -2.60. The lowest BCUT2D eigenvalue weighted by molar-refractivity contribution is -0.143. The molecule has 0 radical (unpaired) electrons. The van der Waals surface area contributed by atoms with Gasteiger partial charge in [0.2, 0.25) is 17.7 Å². The molecule has 6 rings (SSSR count). The number of thiophene rings is 1. The minimum Gasteiger partial charge on any atom is -0.471 e. The fraction of sp³-hybridized carbons (Fsp3) is 0.561. The molecular formula is C41H55N6O9PS. The van der Waals surface area contributed by atoms with E-state index in [9.17, 15) is 23.7 Å². The van der Waals surface area contributed by atoms with Gasteiger partial charge < -0.3 is 25.0 Å². The van der Waals surface area contributed by atoms with E-state index in [1.807, 2.05) is 62.5 Å². The zero-order valence-electron chi connectivity index (χ0n) is 34.2. The summed E-state index contributed by atoms with van der Waals surface area (Å²) in [6.45, 7) is 15.9. The Kier molecular flexibility index (Phi) is 13.0. The molecule has 1 aliphatic heterocycles. The van der Waals surface area contributed by atoms with Gasteiger partial charge in [-0.05, 0) is 88.8 Å². The SMILES string of the molecule is C=CC1C[C@]1(NC(=O)[C@@H]1C[C@@H](Oc2nc3ccccc3nc2-c2cccs2)CN1C(=O)[C@@H](NC(=O)OC1CCCC1)C(C)(C)C)C(=O)NP(=O)(OC(C)C)OC(C)C. The van der Waals surface area contributed by atoms with Crippen LogP contribution in [-0.4, -0.2) is 87.3 Å². The van der Waals surface area contributed by atoms with Gasteiger partial charge in [-0.3, -0.25) is 28.5 Å². The second-order valence-corrected chi connectivity index (χ2v) is 19.4. The summed E-state index contributed by atoms with van der Waals surface area (Å²) in [5.74, 6) is -2.22. The molecule has 2 saturated carbocycles. The first-order chi connectivity index (χ1) is 27.4. The molecule has 15 nitrogen and oxygen atoms in total. The highest BCUT2D eigenvalue weighted by molar-refractivity contribution is 7.52. The van der Waals surface area contributed by atoms with Gasteiger partial charge in [0.1, 0.15) is 35.5 Å². The summed E-state index contributed by atoms with van der Waals surface area (Å²) in [7, 11) is -4.16. The quantitative estimate of drug-likeness (QED) is 0.106. The first kappa shape index (κ1) is 43.2. The van der Waals surface area contributed by atoms with Gasteiger partial charge in [0.05, 0.1) is 34.7 Å². The van der Waals surface area contributed by atoms with Crippen molar-refractivity contribution in [3.05, 3.63) is 54.4 Å². The molecule has 1 saturated heterocycles. The molecule has 17 heteroatoms. The number of alkyl carbamates (subject to hydrolysis) is 1. The fourth-order valence-electron chi connectivity index (χ4n) is 7.49. The van der Waals surface area contributed by atoms with Crippen LogP contribution in [0.3, 0.4) is 0 Å². The number of aromatic nitrogens is 2. The summed E-state index contributed by atoms with van der Waals surface area (Å²) in [6, 6.07) is 8.97. The summed E-state index contributed by atoms with van der Waals surface area (Å²) in [6.07, 6.45) is 2.35. The Balaban J connectivity index is 1.31. The highest BCUT2D eigenvalue weighted by Crippen LogP contribution is 2.51. The number of benzene rings is 1. The summed E-state index contributed by atoms with van der Waals surface area (Å²) < 4.78 is 37.1. The van der Waals surface area contributed by atoms with Crippen LogP contribution in [0, 0.1) is 11.3 Å². The second-order valence-electron chi connectivity index (χ2n) is 16.8. The molecule has 3 aromatic rings. The number of amides is 4. The maximum absolute atomic E-state index is 14.8. The number of rotatable bonds is 15. The zero-order chi connectivity index (χ0) is 42.0. The van der Waals surface area contributed by atoms with Crippen molar-refractivity contribution in [2.24, 2.45) is 11.3 Å². The number of para-hydroxylation sites is 2. The maximum Gasteiger partial charge on any atom is 0.435 e. The molecule has 3 aliphatic rings. The summed E-state index contributed by atoms with van der Waals surface area (Å²) in [5.41, 5.74) is -0.558. The number of carbonyl (C=O) groups is 4. The number of hydrogen-bond donors (Lipinski definition) is 3. The lowest BCUT2D eigenvalue weighted by Gasteiger charge is -2.35. The molecule has 58 heavy (non-hydrogen) atoms. The monoisotopic (exact) mass is 838 g/mol. The van der Waals surface area contributed by atoms with Crippen molar-refractivity contribution < 1.29 is 42.3 Å². The normalized spacial score (nSPS) is 22.8. The smallest absolute Gasteiger partial charge is 0.435 e. The molecule has 4 amide bonds. The number of fused-ring (bicyclic) bond motifs is 1. The van der Waals surface area contributed by atoms with Crippen molar-refractivity contribution in [1.82, 2.24) is 30.6 Å². The molecule has 0 bridgehead atoms. The Bertz CT molecular complexity index is 2040. The standard InChI is InChI=1S/C41H55N6O9PS/c1-9-26-22-41(26,38(50)46-57(52,55-24(2)3)56-25(4)5)45-35(48)31-21-28(53-36-33(32-19-14-20-58-32)42-29-17-12-13-18-30(29)43-36)23-47(31)37(49)34(40(6,7)8)44-39(51)54-27-15-10-11-16-27/h9,12-14,17-20,24-28,31,34H,1,10-11,15-16,21-23H2,2-8H3,(H,44,51)(H,45,48)(H,46,50,52)/t26?,28-,31+,34-,41-/m1/s1. The molecular weight excluding hydrogens is 784 g/mol. The summed E-state index contributed by atoms with van der Waals surface area (Å²) in [4.78, 5) is 68.5. The van der Waals surface area contributed by atoms with Gasteiger partial charge in [0.15, 0.2) is 0 Å². The Morgan fingerprint density at radius 3 is 2.21 bits per heavy atom. The highest BCUT2D eigenvalue weighted by Gasteiger charge is 2.62. The minimum absolute atomic E-state index is 0.0151. The van der Waals surface area contributed by atoms with Gasteiger partial charge in [-0.2, -0.15) is 0 Å². The van der Waals surface area contributed by atoms with Crippen LogP contribution >= 0.6 is 19.1 Å². The van der Waals surface area contributed by atoms with E-state index in [1.165, 1.54) is 16.2 Å². The average Bonchev–Trinajstić information content (AvgIpc) is 3.62. The van der Waals surface area contributed by atoms with E-state index in [1.54, 1.807) is 33.8 Å². The number of nitrogens with one attached hydrogen (secondary N) is 3. The zero-order valence-corrected chi connectivity index (χ0v) is 35.9. The molecule has 2 aromatic heterocycles. The van der Waals surface area contributed by atoms with Crippen molar-refractivity contribution in [1.29, 1.82) is 0 Å². The predicted octanol–water partition coefficient (Wildman–Crippen LogP) is 6.93. The largest absolute Gasteiger partial charge is 0.471 e. The van der Waals surface area contributed by atoms with Gasteiger partial charge in [0.25, 0.3) is 5.91 Å². The van der Waals surface area contributed by atoms with Gasteiger partial charge in [-0.1, -0.05) is 45.0 Å². The molecule has 2 aliphatic carbocycles. The van der Waals surface area contributed by atoms with Gasteiger partial charge in [-0.25, -0.2) is 19.3 Å². The molecule has 314 valence electrons. The van der Waals surface area contributed by atoms with Crippen molar-refractivity contribution >= 4 is 53.9 Å². The molecule has 3 heterocycles. The second kappa shape index (κ2) is 17.5. The van der Waals surface area contributed by atoms with Crippen LogP contribution in [-0.2, 0) is 32.7 Å². The number of nitrogens with zero attached hydrogens (tertiary/aromatic N) is 3. The van der Waals surface area contributed by atoms with Crippen LogP contribution in [0.1, 0.15) is 87.0 Å². The third kappa shape index (κ3) is 9.90. The molecule has 1 unspecified atom stereocenters. The highest BCUT2D eigenvalue weighted by atomic mass is 32.1. The van der Waals surface area contributed by atoms with Crippen LogP contribution in [0.25, 0.3) is 21.6 Å². The van der Waals surface area contributed by atoms with Crippen LogP contribution in [0.5, 0.6) is 5.88 Å². The Morgan fingerprint density at radius 2 is 1.64 bits per heavy atom. The molecule has 3 fully saturated rings. The Hall–Kier alpha value is -4.37. The minimum atomic E-state index is -4.16. The third-order valence-electron chi connectivity index (χ3n) is 10.4. The van der Waals surface area contributed by atoms with Crippen molar-refractivity contribution in [2.45, 2.75) is 129 Å². The predicted molar refractivity (Wildman–Crippen MR) is 220 cm³/mol. The van der Waals surface area contributed by atoms with Crippen LogP contribution < -0.4 is 20.5 Å². The maximum atomic E-state index is 14.8. The molecule has 1 aromatic carbocycles. The Morgan fingerprint density at radius 1 is 0.983 bits per heavy atom. The summed E-state index contributed by atoms with van der Waals surface area (Å²) in [5, 5.41) is 10.1. The van der Waals surface area contributed by atoms with E-state index in [0.717, 1.165) is 30.6 Å². The Labute approximate surface area is 343 Å². The van der Waals surface area contributed by atoms with Gasteiger partial charge in [0, 0.05) is 12.3 Å². The van der Waals surface area contributed by atoms with Gasteiger partial charge >= 0.3 is 13.8 Å². The topological polar surface area (TPSA) is 187 Å². The first-order valence-corrected chi connectivity index (χ1v) is 22.3. The van der Waals surface area contributed by atoms with E-state index < -0.39 is 78.8 Å². The van der Waals surface area contributed by atoms with Crippen molar-refractivity contribution in [3.63, 3.8) is 0 Å². The van der Waals surface area contributed by atoms with E-state index in [0.29, 0.717) is 16.7 Å².